The highest BCUT2D eigenvalue weighted by Gasteiger charge is 2.12. The summed E-state index contributed by atoms with van der Waals surface area (Å²) < 4.78 is 1.93. The summed E-state index contributed by atoms with van der Waals surface area (Å²) in [5, 5.41) is 9.59. The molecule has 0 amide bonds. The van der Waals surface area contributed by atoms with Crippen LogP contribution in [0.2, 0.25) is 0 Å². The topological polar surface area (TPSA) is 94.9 Å². The minimum atomic E-state index is 0.274. The van der Waals surface area contributed by atoms with Crippen molar-refractivity contribution in [1.29, 1.82) is 0 Å². The van der Waals surface area contributed by atoms with E-state index in [0.29, 0.717) is 12.2 Å². The molecule has 0 spiro atoms. The van der Waals surface area contributed by atoms with Crippen LogP contribution in [-0.2, 0) is 6.42 Å². The Morgan fingerprint density at radius 3 is 2.78 bits per heavy atom. The molecule has 7 nitrogen and oxygen atoms in total. The number of anilines is 1. The fourth-order valence-electron chi connectivity index (χ4n) is 3.20. The lowest BCUT2D eigenvalue weighted by Crippen LogP contribution is -2.00. The van der Waals surface area contributed by atoms with E-state index >= 15 is 0 Å². The van der Waals surface area contributed by atoms with E-state index in [1.807, 2.05) is 53.1 Å². The summed E-state index contributed by atoms with van der Waals surface area (Å²) in [6.07, 6.45) is 4.23. The summed E-state index contributed by atoms with van der Waals surface area (Å²) in [6, 6.07) is 17.8. The summed E-state index contributed by atoms with van der Waals surface area (Å²) in [5.74, 6) is 0.991. The monoisotopic (exact) mass is 353 g/mol. The molecule has 5 aromatic rings. The molecule has 130 valence electrons. The molecule has 0 saturated carbocycles. The number of para-hydroxylation sites is 1. The summed E-state index contributed by atoms with van der Waals surface area (Å²) in [5.41, 5.74) is 10.1. The van der Waals surface area contributed by atoms with Crippen LogP contribution >= 0.6 is 0 Å². The first kappa shape index (κ1) is 15.4. The van der Waals surface area contributed by atoms with E-state index in [2.05, 4.69) is 32.3 Å². The smallest absolute Gasteiger partial charge is 0.220 e. The van der Waals surface area contributed by atoms with Gasteiger partial charge in [0.2, 0.25) is 5.95 Å². The van der Waals surface area contributed by atoms with Crippen LogP contribution in [0.4, 0.5) is 5.95 Å². The van der Waals surface area contributed by atoms with Crippen LogP contribution < -0.4 is 5.73 Å². The summed E-state index contributed by atoms with van der Waals surface area (Å²) in [4.78, 5) is 13.1. The van der Waals surface area contributed by atoms with Crippen LogP contribution in [-0.4, -0.2) is 29.5 Å². The first-order valence-corrected chi connectivity index (χ1v) is 8.54. The molecule has 0 aliphatic heterocycles. The number of hydrogen-bond donors (Lipinski definition) is 1. The normalized spacial score (nSPS) is 11.3. The average Bonchev–Trinajstić information content (AvgIpc) is 3.12. The van der Waals surface area contributed by atoms with Gasteiger partial charge in [-0.3, -0.25) is 4.40 Å². The van der Waals surface area contributed by atoms with Gasteiger partial charge in [-0.2, -0.15) is 0 Å². The number of nitrogens with zero attached hydrogens (tertiary/aromatic N) is 6. The van der Waals surface area contributed by atoms with Crippen molar-refractivity contribution in [3.63, 3.8) is 0 Å². The number of pyridine rings is 2. The molecule has 0 aliphatic rings. The van der Waals surface area contributed by atoms with Crippen molar-refractivity contribution in [3.05, 3.63) is 78.2 Å². The molecule has 5 rings (SSSR count). The molecule has 0 unspecified atom stereocenters. The van der Waals surface area contributed by atoms with Gasteiger partial charge in [0.1, 0.15) is 5.69 Å². The van der Waals surface area contributed by atoms with Crippen LogP contribution in [0.1, 0.15) is 11.3 Å². The van der Waals surface area contributed by atoms with Crippen molar-refractivity contribution in [2.45, 2.75) is 6.42 Å². The van der Waals surface area contributed by atoms with Gasteiger partial charge in [0, 0.05) is 24.2 Å². The Kier molecular flexibility index (Phi) is 3.50. The first-order valence-electron chi connectivity index (χ1n) is 8.54. The molecule has 7 heteroatoms. The Labute approximate surface area is 154 Å². The van der Waals surface area contributed by atoms with Gasteiger partial charge in [-0.05, 0) is 29.8 Å². The zero-order valence-corrected chi connectivity index (χ0v) is 14.3. The zero-order valence-electron chi connectivity index (χ0n) is 14.3. The van der Waals surface area contributed by atoms with Gasteiger partial charge in [-0.25, -0.2) is 15.0 Å². The highest BCUT2D eigenvalue weighted by atomic mass is 15.2. The van der Waals surface area contributed by atoms with Gasteiger partial charge in [0.05, 0.1) is 11.2 Å². The lowest BCUT2D eigenvalue weighted by Gasteiger charge is -2.08. The molecule has 1 aromatic carbocycles. The van der Waals surface area contributed by atoms with E-state index in [9.17, 15) is 0 Å². The van der Waals surface area contributed by atoms with Crippen molar-refractivity contribution in [1.82, 2.24) is 29.5 Å². The van der Waals surface area contributed by atoms with Gasteiger partial charge >= 0.3 is 0 Å². The van der Waals surface area contributed by atoms with E-state index < -0.39 is 0 Å². The molecule has 0 aliphatic carbocycles. The SMILES string of the molecule is Nc1nccc(Cc2cccc3ccc(-c4nnc5ccccn45)nc23)n1. The van der Waals surface area contributed by atoms with Crippen LogP contribution in [0.3, 0.4) is 0 Å². The molecule has 0 fully saturated rings. The molecular weight excluding hydrogens is 338 g/mol. The zero-order chi connectivity index (χ0) is 18.2. The Morgan fingerprint density at radius 2 is 1.85 bits per heavy atom. The third-order valence-electron chi connectivity index (χ3n) is 4.45. The fraction of sp³-hybridized carbons (Fsp3) is 0.0500. The Bertz CT molecular complexity index is 1280. The molecule has 27 heavy (non-hydrogen) atoms. The minimum Gasteiger partial charge on any atom is -0.368 e. The Hall–Kier alpha value is -3.87. The largest absolute Gasteiger partial charge is 0.368 e. The molecule has 4 heterocycles. The van der Waals surface area contributed by atoms with Gasteiger partial charge < -0.3 is 5.73 Å². The van der Waals surface area contributed by atoms with E-state index in [-0.39, 0.29) is 5.95 Å². The fourth-order valence-corrected chi connectivity index (χ4v) is 3.20. The maximum Gasteiger partial charge on any atom is 0.220 e. The molecule has 0 bridgehead atoms. The minimum absolute atomic E-state index is 0.274. The maximum absolute atomic E-state index is 5.71. The van der Waals surface area contributed by atoms with Crippen molar-refractivity contribution in [2.24, 2.45) is 0 Å². The first-order chi connectivity index (χ1) is 13.3. The number of hydrogen-bond acceptors (Lipinski definition) is 6. The van der Waals surface area contributed by atoms with Gasteiger partial charge in [-0.1, -0.05) is 30.3 Å². The Balaban J connectivity index is 1.64. The molecule has 0 atom stereocenters. The maximum atomic E-state index is 5.71. The number of nitrogen functional groups attached to an aromatic ring is 1. The highest BCUT2D eigenvalue weighted by molar-refractivity contribution is 5.84. The number of aromatic nitrogens is 6. The molecule has 0 saturated heterocycles. The summed E-state index contributed by atoms with van der Waals surface area (Å²) in [7, 11) is 0. The van der Waals surface area contributed by atoms with E-state index in [1.54, 1.807) is 6.20 Å². The van der Waals surface area contributed by atoms with Crippen molar-refractivity contribution >= 4 is 22.5 Å². The van der Waals surface area contributed by atoms with Crippen molar-refractivity contribution < 1.29 is 0 Å². The highest BCUT2D eigenvalue weighted by Crippen LogP contribution is 2.24. The van der Waals surface area contributed by atoms with Crippen LogP contribution in [0, 0.1) is 0 Å². The second-order valence-corrected chi connectivity index (χ2v) is 6.22. The molecular formula is C20H15N7. The summed E-state index contributed by atoms with van der Waals surface area (Å²) >= 11 is 0. The van der Waals surface area contributed by atoms with Crippen molar-refractivity contribution in [2.75, 3.05) is 5.73 Å². The van der Waals surface area contributed by atoms with E-state index in [1.165, 1.54) is 0 Å². The van der Waals surface area contributed by atoms with Gasteiger partial charge in [0.15, 0.2) is 11.5 Å². The molecule has 0 radical (unpaired) electrons. The second kappa shape index (κ2) is 6.14. The summed E-state index contributed by atoms with van der Waals surface area (Å²) in [6.45, 7) is 0. The number of rotatable bonds is 3. The second-order valence-electron chi connectivity index (χ2n) is 6.22. The molecule has 4 aromatic heterocycles. The number of nitrogens with two attached hydrogens (primary N) is 1. The third kappa shape index (κ3) is 2.75. The number of fused-ring (bicyclic) bond motifs is 2. The third-order valence-corrected chi connectivity index (χ3v) is 4.45. The number of benzene rings is 1. The Morgan fingerprint density at radius 1 is 0.889 bits per heavy atom. The lowest BCUT2D eigenvalue weighted by molar-refractivity contribution is 1.04. The van der Waals surface area contributed by atoms with E-state index in [0.717, 1.165) is 33.5 Å². The molecule has 2 N–H and O–H groups in total. The van der Waals surface area contributed by atoms with Gasteiger partial charge in [0.25, 0.3) is 0 Å². The standard InChI is InChI=1S/C20H15N7/c21-20-22-10-9-15(23-20)12-14-5-3-4-13-7-8-16(24-18(13)14)19-26-25-17-6-1-2-11-27(17)19/h1-11H,12H2,(H2,21,22,23). The van der Waals surface area contributed by atoms with Crippen LogP contribution in [0.15, 0.2) is 67.0 Å². The van der Waals surface area contributed by atoms with Crippen molar-refractivity contribution in [3.8, 4) is 11.5 Å². The quantitative estimate of drug-likeness (QED) is 0.536. The lowest BCUT2D eigenvalue weighted by atomic mass is 10.0. The van der Waals surface area contributed by atoms with Crippen LogP contribution in [0.25, 0.3) is 28.1 Å². The predicted molar refractivity (Wildman–Crippen MR) is 103 cm³/mol. The van der Waals surface area contributed by atoms with E-state index in [4.69, 9.17) is 10.7 Å². The van der Waals surface area contributed by atoms with Crippen LogP contribution in [0.5, 0.6) is 0 Å². The van der Waals surface area contributed by atoms with Gasteiger partial charge in [-0.15, -0.1) is 10.2 Å². The average molecular weight is 353 g/mol. The predicted octanol–water partition coefficient (Wildman–Crippen LogP) is 2.91.